The summed E-state index contributed by atoms with van der Waals surface area (Å²) >= 11 is 0. The topological polar surface area (TPSA) is 66.5 Å². The van der Waals surface area contributed by atoms with Crippen LogP contribution in [-0.2, 0) is 27.7 Å². The zero-order valence-electron chi connectivity index (χ0n) is 18.4. The fraction of sp³-hybridized carbons (Fsp3) is 0.269. The first-order chi connectivity index (χ1) is 15.3. The lowest BCUT2D eigenvalue weighted by Crippen LogP contribution is -2.41. The van der Waals surface area contributed by atoms with Crippen LogP contribution in [0.4, 0.5) is 5.69 Å². The monoisotopic (exact) mass is 448 g/mol. The van der Waals surface area contributed by atoms with Gasteiger partial charge in [-0.25, -0.2) is 8.42 Å². The van der Waals surface area contributed by atoms with Gasteiger partial charge in [-0.2, -0.15) is 0 Å². The summed E-state index contributed by atoms with van der Waals surface area (Å²) in [5, 5.41) is 2.98. The minimum atomic E-state index is -3.90. The molecule has 1 N–H and O–H groups in total. The first-order valence-corrected chi connectivity index (χ1v) is 12.3. The Hall–Kier alpha value is -3.12. The normalized spacial score (nSPS) is 13.9. The number of hydrogen-bond donors (Lipinski definition) is 1. The average Bonchev–Trinajstić information content (AvgIpc) is 3.26. The Labute approximate surface area is 190 Å². The van der Waals surface area contributed by atoms with Gasteiger partial charge in [0.05, 0.1) is 16.6 Å². The third-order valence-electron chi connectivity index (χ3n) is 5.94. The predicted octanol–water partition coefficient (Wildman–Crippen LogP) is 4.56. The molecule has 0 saturated carbocycles. The number of carbonyl (C=O) groups excluding carboxylic acids is 1. The zero-order chi connectivity index (χ0) is 22.7. The molecule has 0 heterocycles. The zero-order valence-corrected chi connectivity index (χ0v) is 19.2. The van der Waals surface area contributed by atoms with Crippen molar-refractivity contribution in [2.75, 3.05) is 10.8 Å². The van der Waals surface area contributed by atoms with Crippen LogP contribution < -0.4 is 9.62 Å². The summed E-state index contributed by atoms with van der Waals surface area (Å²) in [7, 11) is -3.90. The van der Waals surface area contributed by atoms with E-state index in [9.17, 15) is 13.2 Å². The van der Waals surface area contributed by atoms with Crippen LogP contribution in [-0.4, -0.2) is 20.9 Å². The average molecular weight is 449 g/mol. The van der Waals surface area contributed by atoms with Crippen LogP contribution in [0.2, 0.25) is 0 Å². The van der Waals surface area contributed by atoms with E-state index in [0.29, 0.717) is 5.69 Å². The SMILES string of the molecule is Cc1ccc(N(CC(=O)NC(C)c2ccc3c(c2)CCC3)S(=O)(=O)c2ccccc2)cc1. The Bertz CT molecular complexity index is 1210. The summed E-state index contributed by atoms with van der Waals surface area (Å²) in [6.07, 6.45) is 3.35. The van der Waals surface area contributed by atoms with E-state index in [1.54, 1.807) is 42.5 Å². The summed E-state index contributed by atoms with van der Waals surface area (Å²) in [6.45, 7) is 3.57. The van der Waals surface area contributed by atoms with Gasteiger partial charge in [0.25, 0.3) is 10.0 Å². The van der Waals surface area contributed by atoms with Gasteiger partial charge < -0.3 is 5.32 Å². The molecule has 1 atom stereocenters. The molecule has 1 aliphatic rings. The molecule has 0 spiro atoms. The highest BCUT2D eigenvalue weighted by atomic mass is 32.2. The first kappa shape index (κ1) is 22.1. The van der Waals surface area contributed by atoms with Gasteiger partial charge in [0.15, 0.2) is 0 Å². The number of carbonyl (C=O) groups is 1. The summed E-state index contributed by atoms with van der Waals surface area (Å²) in [5.41, 5.74) is 5.23. The molecule has 0 bridgehead atoms. The molecule has 5 nitrogen and oxygen atoms in total. The van der Waals surface area contributed by atoms with Crippen molar-refractivity contribution in [2.24, 2.45) is 0 Å². The van der Waals surface area contributed by atoms with Crippen molar-refractivity contribution < 1.29 is 13.2 Å². The molecular weight excluding hydrogens is 420 g/mol. The summed E-state index contributed by atoms with van der Waals surface area (Å²) in [4.78, 5) is 13.1. The molecule has 32 heavy (non-hydrogen) atoms. The van der Waals surface area contributed by atoms with E-state index in [1.165, 1.54) is 21.9 Å². The van der Waals surface area contributed by atoms with Crippen molar-refractivity contribution in [3.05, 3.63) is 95.1 Å². The quantitative estimate of drug-likeness (QED) is 0.576. The molecular formula is C26H28N2O3S. The molecule has 0 aromatic heterocycles. The molecule has 1 unspecified atom stereocenters. The number of sulfonamides is 1. The van der Waals surface area contributed by atoms with Gasteiger partial charge in [0, 0.05) is 0 Å². The van der Waals surface area contributed by atoms with Gasteiger partial charge in [-0.3, -0.25) is 9.10 Å². The predicted molar refractivity (Wildman–Crippen MR) is 127 cm³/mol. The molecule has 0 fully saturated rings. The van der Waals surface area contributed by atoms with Gasteiger partial charge in [-0.1, -0.05) is 54.1 Å². The molecule has 4 rings (SSSR count). The second-order valence-electron chi connectivity index (χ2n) is 8.33. The van der Waals surface area contributed by atoms with E-state index in [0.717, 1.165) is 24.0 Å². The van der Waals surface area contributed by atoms with E-state index in [-0.39, 0.29) is 23.4 Å². The van der Waals surface area contributed by atoms with Crippen molar-refractivity contribution in [1.29, 1.82) is 0 Å². The minimum Gasteiger partial charge on any atom is -0.348 e. The van der Waals surface area contributed by atoms with E-state index >= 15 is 0 Å². The number of fused-ring (bicyclic) bond motifs is 1. The number of nitrogens with zero attached hydrogens (tertiary/aromatic N) is 1. The molecule has 0 radical (unpaired) electrons. The third kappa shape index (κ3) is 4.70. The smallest absolute Gasteiger partial charge is 0.264 e. The van der Waals surface area contributed by atoms with Crippen molar-refractivity contribution in [2.45, 2.75) is 44.0 Å². The number of benzene rings is 3. The number of amides is 1. The Kier molecular flexibility index (Phi) is 6.33. The molecule has 166 valence electrons. The van der Waals surface area contributed by atoms with Crippen molar-refractivity contribution in [1.82, 2.24) is 5.32 Å². The van der Waals surface area contributed by atoms with Gasteiger partial charge in [0.2, 0.25) is 5.91 Å². The van der Waals surface area contributed by atoms with Gasteiger partial charge in [-0.05, 0) is 74.1 Å². The van der Waals surface area contributed by atoms with E-state index in [4.69, 9.17) is 0 Å². The van der Waals surface area contributed by atoms with Crippen LogP contribution in [0.3, 0.4) is 0 Å². The second kappa shape index (κ2) is 9.17. The van der Waals surface area contributed by atoms with E-state index < -0.39 is 10.0 Å². The number of hydrogen-bond acceptors (Lipinski definition) is 3. The molecule has 1 amide bonds. The van der Waals surface area contributed by atoms with Crippen LogP contribution in [0.1, 0.15) is 41.6 Å². The van der Waals surface area contributed by atoms with Crippen LogP contribution in [0, 0.1) is 6.92 Å². The van der Waals surface area contributed by atoms with E-state index in [2.05, 4.69) is 17.4 Å². The fourth-order valence-corrected chi connectivity index (χ4v) is 5.55. The first-order valence-electron chi connectivity index (χ1n) is 10.9. The Morgan fingerprint density at radius 3 is 2.38 bits per heavy atom. The molecule has 0 saturated heterocycles. The highest BCUT2D eigenvalue weighted by Crippen LogP contribution is 2.26. The number of anilines is 1. The van der Waals surface area contributed by atoms with Crippen LogP contribution >= 0.6 is 0 Å². The Morgan fingerprint density at radius 1 is 0.969 bits per heavy atom. The lowest BCUT2D eigenvalue weighted by Gasteiger charge is -2.25. The molecule has 3 aromatic carbocycles. The van der Waals surface area contributed by atoms with E-state index in [1.807, 2.05) is 32.0 Å². The van der Waals surface area contributed by atoms with Crippen LogP contribution in [0.25, 0.3) is 0 Å². The molecule has 1 aliphatic carbocycles. The summed E-state index contributed by atoms with van der Waals surface area (Å²) in [5.74, 6) is -0.349. The Morgan fingerprint density at radius 2 is 1.66 bits per heavy atom. The number of rotatable bonds is 7. The maximum atomic E-state index is 13.4. The highest BCUT2D eigenvalue weighted by Gasteiger charge is 2.27. The second-order valence-corrected chi connectivity index (χ2v) is 10.2. The maximum absolute atomic E-state index is 13.4. The van der Waals surface area contributed by atoms with Crippen LogP contribution in [0.5, 0.6) is 0 Å². The lowest BCUT2D eigenvalue weighted by atomic mass is 10.0. The van der Waals surface area contributed by atoms with Crippen molar-refractivity contribution in [3.8, 4) is 0 Å². The number of aryl methyl sites for hydroxylation is 3. The van der Waals surface area contributed by atoms with Crippen molar-refractivity contribution in [3.63, 3.8) is 0 Å². The Balaban J connectivity index is 1.56. The fourth-order valence-electron chi connectivity index (χ4n) is 4.11. The van der Waals surface area contributed by atoms with Gasteiger partial charge in [0.1, 0.15) is 6.54 Å². The van der Waals surface area contributed by atoms with Crippen LogP contribution in [0.15, 0.2) is 77.7 Å². The lowest BCUT2D eigenvalue weighted by molar-refractivity contribution is -0.120. The molecule has 0 aliphatic heterocycles. The van der Waals surface area contributed by atoms with Gasteiger partial charge >= 0.3 is 0 Å². The third-order valence-corrected chi connectivity index (χ3v) is 7.73. The minimum absolute atomic E-state index is 0.153. The molecule has 6 heteroatoms. The maximum Gasteiger partial charge on any atom is 0.264 e. The number of nitrogens with one attached hydrogen (secondary N) is 1. The highest BCUT2D eigenvalue weighted by molar-refractivity contribution is 7.92. The molecule has 3 aromatic rings. The van der Waals surface area contributed by atoms with Crippen molar-refractivity contribution >= 4 is 21.6 Å². The van der Waals surface area contributed by atoms with Gasteiger partial charge in [-0.15, -0.1) is 0 Å². The summed E-state index contributed by atoms with van der Waals surface area (Å²) < 4.78 is 27.9. The summed E-state index contributed by atoms with van der Waals surface area (Å²) in [6, 6.07) is 21.5. The standard InChI is InChI=1S/C26H28N2O3S/c1-19-11-15-24(16-12-19)28(32(30,31)25-9-4-3-5-10-25)18-26(29)27-20(2)22-14-13-21-7-6-8-23(21)17-22/h3-5,9-17,20H,6-8,18H2,1-2H3,(H,27,29). The largest absolute Gasteiger partial charge is 0.348 e.